The molecule has 4 nitrogen and oxygen atoms in total. The molecule has 0 spiro atoms. The third-order valence-electron chi connectivity index (χ3n) is 1.91. The van der Waals surface area contributed by atoms with Gasteiger partial charge >= 0.3 is 6.41 Å². The van der Waals surface area contributed by atoms with E-state index in [1.54, 1.807) is 0 Å². The predicted octanol–water partition coefficient (Wildman–Crippen LogP) is -0.615. The molecule has 1 radical (unpaired) electrons. The lowest BCUT2D eigenvalue weighted by atomic mass is 10.4. The van der Waals surface area contributed by atoms with Crippen molar-refractivity contribution in [3.8, 4) is 0 Å². The summed E-state index contributed by atoms with van der Waals surface area (Å²) < 4.78 is 10.6. The van der Waals surface area contributed by atoms with Gasteiger partial charge in [0.2, 0.25) is 0 Å². The Labute approximate surface area is 66.5 Å². The minimum absolute atomic E-state index is 0.708. The van der Waals surface area contributed by atoms with Gasteiger partial charge in [0.1, 0.15) is 0 Å². The molecule has 1 N–H and O–H groups in total. The minimum Gasteiger partial charge on any atom is -0.329 e. The summed E-state index contributed by atoms with van der Waals surface area (Å²) in [6.45, 7) is 5.45. The maximum Gasteiger partial charge on any atom is 0.303 e. The van der Waals surface area contributed by atoms with E-state index in [2.05, 4.69) is 10.2 Å². The molecule has 0 aromatic rings. The highest BCUT2D eigenvalue weighted by Crippen LogP contribution is 2.17. The number of nitrogens with one attached hydrogen (secondary N) is 1. The Morgan fingerprint density at radius 3 is 2.36 bits per heavy atom. The lowest BCUT2D eigenvalue weighted by Gasteiger charge is -2.28. The predicted molar refractivity (Wildman–Crippen MR) is 39.6 cm³/mol. The molecule has 0 aliphatic carbocycles. The minimum atomic E-state index is 0.708. The lowest BCUT2D eigenvalue weighted by molar-refractivity contribution is -0.0470. The molecule has 11 heavy (non-hydrogen) atoms. The molecule has 0 saturated carbocycles. The van der Waals surface area contributed by atoms with Gasteiger partial charge in [-0.15, -0.1) is 0 Å². The van der Waals surface area contributed by atoms with Crippen LogP contribution < -0.4 is 5.32 Å². The monoisotopic (exact) mass is 157 g/mol. The average Bonchev–Trinajstić information content (AvgIpc) is 2.58. The highest BCUT2D eigenvalue weighted by Gasteiger charge is 2.27. The number of piperazine rings is 1. The van der Waals surface area contributed by atoms with Crippen LogP contribution in [0.4, 0.5) is 0 Å². The van der Waals surface area contributed by atoms with Crippen molar-refractivity contribution in [2.24, 2.45) is 0 Å². The molecular weight excluding hydrogens is 144 g/mol. The molecule has 0 aromatic heterocycles. The van der Waals surface area contributed by atoms with Crippen molar-refractivity contribution in [3.05, 3.63) is 6.41 Å². The summed E-state index contributed by atoms with van der Waals surface area (Å²) in [5, 5.41) is 3.27. The molecule has 2 saturated heterocycles. The lowest BCUT2D eigenvalue weighted by Crippen LogP contribution is -2.45. The van der Waals surface area contributed by atoms with Crippen LogP contribution in [0.25, 0.3) is 0 Å². The molecule has 2 heterocycles. The molecule has 4 heteroatoms. The fourth-order valence-corrected chi connectivity index (χ4v) is 1.33. The van der Waals surface area contributed by atoms with E-state index in [0.29, 0.717) is 13.2 Å². The van der Waals surface area contributed by atoms with Gasteiger partial charge in [-0.25, -0.2) is 4.90 Å². The smallest absolute Gasteiger partial charge is 0.303 e. The number of nitrogens with zero attached hydrogens (tertiary/aromatic N) is 1. The Bertz CT molecular complexity index is 120. The van der Waals surface area contributed by atoms with Gasteiger partial charge < -0.3 is 14.8 Å². The van der Waals surface area contributed by atoms with Crippen LogP contribution in [0, 0.1) is 6.41 Å². The van der Waals surface area contributed by atoms with Gasteiger partial charge in [0.05, 0.1) is 13.2 Å². The molecule has 0 bridgehead atoms. The first-order valence-corrected chi connectivity index (χ1v) is 4.05. The van der Waals surface area contributed by atoms with Crippen LogP contribution in [0.1, 0.15) is 0 Å². The first kappa shape index (κ1) is 7.49. The summed E-state index contributed by atoms with van der Waals surface area (Å²) >= 11 is 0. The number of hydrogen-bond acceptors (Lipinski definition) is 4. The summed E-state index contributed by atoms with van der Waals surface area (Å²) in [5.74, 6) is 0. The first-order chi connectivity index (χ1) is 5.47. The van der Waals surface area contributed by atoms with Crippen LogP contribution in [-0.2, 0) is 9.47 Å². The molecule has 0 aromatic carbocycles. The third kappa shape index (κ3) is 1.70. The second-order valence-electron chi connectivity index (χ2n) is 2.70. The van der Waals surface area contributed by atoms with E-state index < -0.39 is 0 Å². The van der Waals surface area contributed by atoms with E-state index >= 15 is 0 Å². The van der Waals surface area contributed by atoms with E-state index in [-0.39, 0.29) is 0 Å². The van der Waals surface area contributed by atoms with Crippen molar-refractivity contribution in [2.45, 2.75) is 0 Å². The van der Waals surface area contributed by atoms with E-state index in [9.17, 15) is 0 Å². The van der Waals surface area contributed by atoms with E-state index in [4.69, 9.17) is 9.47 Å². The van der Waals surface area contributed by atoms with Gasteiger partial charge in [-0.05, 0) is 0 Å². The second kappa shape index (κ2) is 3.49. The van der Waals surface area contributed by atoms with E-state index in [1.807, 2.05) is 0 Å². The normalized spacial score (nSPS) is 29.5. The topological polar surface area (TPSA) is 33.7 Å². The molecule has 2 aliphatic rings. The van der Waals surface area contributed by atoms with Crippen molar-refractivity contribution < 1.29 is 9.47 Å². The maximum absolute atomic E-state index is 5.28. The fourth-order valence-electron chi connectivity index (χ4n) is 1.33. The highest BCUT2D eigenvalue weighted by molar-refractivity contribution is 4.77. The van der Waals surface area contributed by atoms with Crippen molar-refractivity contribution in [1.29, 1.82) is 0 Å². The van der Waals surface area contributed by atoms with Gasteiger partial charge in [0.15, 0.2) is 0 Å². The summed E-state index contributed by atoms with van der Waals surface area (Å²) in [7, 11) is 0. The summed E-state index contributed by atoms with van der Waals surface area (Å²) in [5.41, 5.74) is 0. The molecule has 2 rings (SSSR count). The van der Waals surface area contributed by atoms with Crippen molar-refractivity contribution in [1.82, 2.24) is 10.2 Å². The largest absolute Gasteiger partial charge is 0.329 e. The van der Waals surface area contributed by atoms with Crippen LogP contribution in [0.15, 0.2) is 0 Å². The van der Waals surface area contributed by atoms with E-state index in [0.717, 1.165) is 32.6 Å². The summed E-state index contributed by atoms with van der Waals surface area (Å²) in [6.07, 6.45) is 0.728. The Kier molecular flexibility index (Phi) is 2.38. The van der Waals surface area contributed by atoms with Gasteiger partial charge in [-0.3, -0.25) is 0 Å². The van der Waals surface area contributed by atoms with Crippen molar-refractivity contribution >= 4 is 0 Å². The Hall–Kier alpha value is -0.160. The molecule has 0 unspecified atom stereocenters. The van der Waals surface area contributed by atoms with Crippen molar-refractivity contribution in [2.75, 3.05) is 39.4 Å². The molecular formula is C7H13N2O2. The Morgan fingerprint density at radius 2 is 1.73 bits per heavy atom. The standard InChI is InChI=1S/C7H13N2O2/c1-3-9(4-2-8-1)7-10-5-6-11-7/h8H,1-6H2. The van der Waals surface area contributed by atoms with Crippen molar-refractivity contribution in [3.63, 3.8) is 0 Å². The molecule has 0 amide bonds. The zero-order valence-corrected chi connectivity index (χ0v) is 6.51. The zero-order chi connectivity index (χ0) is 7.52. The van der Waals surface area contributed by atoms with Gasteiger partial charge in [-0.1, -0.05) is 0 Å². The molecule has 0 atom stereocenters. The number of ether oxygens (including phenoxy) is 2. The number of rotatable bonds is 1. The zero-order valence-electron chi connectivity index (χ0n) is 6.51. The number of hydrogen-bond donors (Lipinski definition) is 1. The summed E-state index contributed by atoms with van der Waals surface area (Å²) in [6, 6.07) is 0. The summed E-state index contributed by atoms with van der Waals surface area (Å²) in [4.78, 5) is 2.14. The average molecular weight is 157 g/mol. The van der Waals surface area contributed by atoms with Crippen LogP contribution >= 0.6 is 0 Å². The Balaban J connectivity index is 1.82. The van der Waals surface area contributed by atoms with Crippen LogP contribution in [0.2, 0.25) is 0 Å². The van der Waals surface area contributed by atoms with Crippen LogP contribution in [0.3, 0.4) is 0 Å². The van der Waals surface area contributed by atoms with E-state index in [1.165, 1.54) is 0 Å². The second-order valence-corrected chi connectivity index (χ2v) is 2.70. The Morgan fingerprint density at radius 1 is 1.09 bits per heavy atom. The fraction of sp³-hybridized carbons (Fsp3) is 0.857. The molecule has 63 valence electrons. The molecule has 2 aliphatic heterocycles. The highest BCUT2D eigenvalue weighted by atomic mass is 16.7. The van der Waals surface area contributed by atoms with Crippen LogP contribution in [-0.4, -0.2) is 44.3 Å². The third-order valence-corrected chi connectivity index (χ3v) is 1.91. The van der Waals surface area contributed by atoms with Gasteiger partial charge in [0.25, 0.3) is 0 Å². The maximum atomic E-state index is 5.28. The first-order valence-electron chi connectivity index (χ1n) is 4.05. The van der Waals surface area contributed by atoms with Crippen LogP contribution in [0.5, 0.6) is 0 Å². The molecule has 2 fully saturated rings. The van der Waals surface area contributed by atoms with Gasteiger partial charge in [0, 0.05) is 26.2 Å². The quantitative estimate of drug-likeness (QED) is 0.550. The SMILES string of the molecule is C1CN([C]2OCCO2)CCN1. The van der Waals surface area contributed by atoms with Gasteiger partial charge in [-0.2, -0.15) is 0 Å².